The second-order valence-corrected chi connectivity index (χ2v) is 8.55. The zero-order valence-corrected chi connectivity index (χ0v) is 17.8. The molecule has 0 spiro atoms. The topological polar surface area (TPSA) is 25.8 Å². The number of pyridine rings is 1. The fraction of sp³-hybridized carbons (Fsp3) is 0.111. The summed E-state index contributed by atoms with van der Waals surface area (Å²) in [5, 5.41) is 1.01. The first kappa shape index (κ1) is 17.5. The van der Waals surface area contributed by atoms with Gasteiger partial charge in [-0.1, -0.05) is 74.5 Å². The lowest BCUT2D eigenvalue weighted by molar-refractivity contribution is 0.864. The van der Waals surface area contributed by atoms with Crippen LogP contribution in [0.2, 0.25) is 0 Å². The molecule has 3 heteroatoms. The molecular formula is C27H22N2S. The van der Waals surface area contributed by atoms with Crippen molar-refractivity contribution in [3.8, 4) is 33.0 Å². The summed E-state index contributed by atoms with van der Waals surface area (Å²) >= 11 is 1.72. The quantitative estimate of drug-likeness (QED) is 0.303. The van der Waals surface area contributed by atoms with E-state index in [1.807, 2.05) is 50.2 Å². The van der Waals surface area contributed by atoms with Crippen molar-refractivity contribution in [1.29, 1.82) is 0 Å². The van der Waals surface area contributed by atoms with Crippen molar-refractivity contribution < 1.29 is 1.37 Å². The lowest BCUT2D eigenvalue weighted by Crippen LogP contribution is -1.91. The molecule has 2 aromatic heterocycles. The first-order chi connectivity index (χ1) is 15.0. The third-order valence-electron chi connectivity index (χ3n) is 5.23. The lowest BCUT2D eigenvalue weighted by Gasteiger charge is -2.10. The summed E-state index contributed by atoms with van der Waals surface area (Å²) in [7, 11) is 0. The van der Waals surface area contributed by atoms with Gasteiger partial charge in [-0.25, -0.2) is 4.98 Å². The number of nitrogens with zero attached hydrogens (tertiary/aromatic N) is 2. The van der Waals surface area contributed by atoms with Crippen LogP contribution in [-0.2, 0) is 0 Å². The molecule has 146 valence electrons. The second-order valence-electron chi connectivity index (χ2n) is 7.55. The standard InChI is InChI=1S/C27H22N2S/c1-18(2)21-13-14-28-24(16-21)22-15-23(19-9-5-3-6-10-19)26-25(17-22)29-27(30-26)20-11-7-4-8-12-20/h3-18H,1-2H3/i18D. The molecule has 0 aliphatic heterocycles. The Balaban J connectivity index is 1.74. The molecule has 3 aromatic carbocycles. The Labute approximate surface area is 182 Å². The minimum absolute atomic E-state index is 0.675. The third-order valence-corrected chi connectivity index (χ3v) is 6.38. The van der Waals surface area contributed by atoms with E-state index in [0.29, 0.717) is 0 Å². The number of fused-ring (bicyclic) bond motifs is 1. The maximum Gasteiger partial charge on any atom is 0.124 e. The molecule has 0 saturated heterocycles. The molecule has 5 rings (SSSR count). The molecule has 5 aromatic rings. The van der Waals surface area contributed by atoms with Crippen molar-refractivity contribution in [2.24, 2.45) is 0 Å². The lowest BCUT2D eigenvalue weighted by atomic mass is 9.98. The van der Waals surface area contributed by atoms with Gasteiger partial charge in [-0.05, 0) is 41.3 Å². The Bertz CT molecular complexity index is 1350. The van der Waals surface area contributed by atoms with Crippen LogP contribution in [0.25, 0.3) is 43.2 Å². The van der Waals surface area contributed by atoms with Crippen LogP contribution in [0.5, 0.6) is 0 Å². The van der Waals surface area contributed by atoms with Gasteiger partial charge in [-0.15, -0.1) is 11.3 Å². The Kier molecular flexibility index (Phi) is 4.59. The number of benzene rings is 3. The molecule has 0 atom stereocenters. The average molecular weight is 408 g/mol. The largest absolute Gasteiger partial charge is 0.256 e. The maximum absolute atomic E-state index is 8.40. The smallest absolute Gasteiger partial charge is 0.124 e. The maximum atomic E-state index is 8.40. The van der Waals surface area contributed by atoms with Crippen LogP contribution >= 0.6 is 11.3 Å². The molecule has 0 amide bonds. The molecule has 0 aliphatic rings. The summed E-state index contributed by atoms with van der Waals surface area (Å²) in [4.78, 5) is 9.60. The van der Waals surface area contributed by atoms with E-state index in [1.54, 1.807) is 17.5 Å². The summed E-state index contributed by atoms with van der Waals surface area (Å²) in [6.07, 6.45) is 1.80. The van der Waals surface area contributed by atoms with Crippen molar-refractivity contribution in [2.75, 3.05) is 0 Å². The fourth-order valence-corrected chi connectivity index (χ4v) is 4.70. The van der Waals surface area contributed by atoms with Gasteiger partial charge in [0.15, 0.2) is 0 Å². The summed E-state index contributed by atoms with van der Waals surface area (Å²) in [6, 6.07) is 29.0. The second kappa shape index (κ2) is 7.85. The van der Waals surface area contributed by atoms with Crippen molar-refractivity contribution in [2.45, 2.75) is 19.7 Å². The molecule has 0 unspecified atom stereocenters. The van der Waals surface area contributed by atoms with Gasteiger partial charge in [0.05, 0.1) is 15.9 Å². The minimum atomic E-state index is -0.675. The Morgan fingerprint density at radius 1 is 0.800 bits per heavy atom. The normalized spacial score (nSPS) is 12.1. The van der Waals surface area contributed by atoms with E-state index in [-0.39, 0.29) is 0 Å². The molecule has 2 heterocycles. The van der Waals surface area contributed by atoms with E-state index in [4.69, 9.17) is 6.35 Å². The fourth-order valence-electron chi connectivity index (χ4n) is 3.62. The number of hydrogen-bond donors (Lipinski definition) is 0. The summed E-state index contributed by atoms with van der Waals surface area (Å²) < 4.78 is 9.57. The molecule has 0 bridgehead atoms. The third kappa shape index (κ3) is 3.53. The number of rotatable bonds is 4. The predicted molar refractivity (Wildman–Crippen MR) is 128 cm³/mol. The van der Waals surface area contributed by atoms with Gasteiger partial charge in [0.1, 0.15) is 5.01 Å². The van der Waals surface area contributed by atoms with Crippen molar-refractivity contribution >= 4 is 21.6 Å². The molecule has 0 aliphatic carbocycles. The average Bonchev–Trinajstić information content (AvgIpc) is 3.23. The SMILES string of the molecule is [2H]C(C)(C)c1ccnc(-c2cc(-c3ccccc3)c3sc(-c4ccccc4)nc3c2)c1. The molecular weight excluding hydrogens is 384 g/mol. The van der Waals surface area contributed by atoms with Gasteiger partial charge < -0.3 is 0 Å². The highest BCUT2D eigenvalue weighted by molar-refractivity contribution is 7.22. The van der Waals surface area contributed by atoms with Crippen LogP contribution in [0, 0.1) is 0 Å². The van der Waals surface area contributed by atoms with Gasteiger partial charge in [-0.3, -0.25) is 4.98 Å². The number of aromatic nitrogens is 2. The number of thiazole rings is 1. The summed E-state index contributed by atoms with van der Waals surface area (Å²) in [6.45, 7) is 3.80. The minimum Gasteiger partial charge on any atom is -0.256 e. The number of hydrogen-bond acceptors (Lipinski definition) is 3. The Morgan fingerprint density at radius 2 is 1.50 bits per heavy atom. The molecule has 0 fully saturated rings. The van der Waals surface area contributed by atoms with Crippen molar-refractivity contribution in [3.05, 3.63) is 96.7 Å². The highest BCUT2D eigenvalue weighted by atomic mass is 32.1. The Morgan fingerprint density at radius 3 is 2.20 bits per heavy atom. The van der Waals surface area contributed by atoms with E-state index >= 15 is 0 Å². The molecule has 2 nitrogen and oxygen atoms in total. The van der Waals surface area contributed by atoms with Crippen LogP contribution in [0.3, 0.4) is 0 Å². The van der Waals surface area contributed by atoms with E-state index in [1.165, 1.54) is 4.70 Å². The van der Waals surface area contributed by atoms with Crippen molar-refractivity contribution in [3.63, 3.8) is 0 Å². The van der Waals surface area contributed by atoms with E-state index in [9.17, 15) is 0 Å². The zero-order valence-electron chi connectivity index (χ0n) is 18.0. The monoisotopic (exact) mass is 407 g/mol. The van der Waals surface area contributed by atoms with Gasteiger partial charge >= 0.3 is 0 Å². The highest BCUT2D eigenvalue weighted by Gasteiger charge is 2.15. The van der Waals surface area contributed by atoms with Gasteiger partial charge in [0.2, 0.25) is 0 Å². The molecule has 0 radical (unpaired) electrons. The van der Waals surface area contributed by atoms with E-state index in [0.717, 1.165) is 44.0 Å². The van der Waals surface area contributed by atoms with Crippen LogP contribution in [0.15, 0.2) is 91.1 Å². The molecule has 0 saturated carbocycles. The first-order valence-corrected chi connectivity index (χ1v) is 10.8. The molecule has 0 N–H and O–H groups in total. The highest BCUT2D eigenvalue weighted by Crippen LogP contribution is 2.39. The summed E-state index contributed by atoms with van der Waals surface area (Å²) in [5.74, 6) is -0.675. The van der Waals surface area contributed by atoms with Crippen molar-refractivity contribution in [1.82, 2.24) is 9.97 Å². The molecule has 30 heavy (non-hydrogen) atoms. The first-order valence-electron chi connectivity index (χ1n) is 10.5. The van der Waals surface area contributed by atoms with Crippen LogP contribution in [-0.4, -0.2) is 9.97 Å². The van der Waals surface area contributed by atoms with Gasteiger partial charge in [0, 0.05) is 24.3 Å². The van der Waals surface area contributed by atoms with Crippen LogP contribution in [0.1, 0.15) is 26.7 Å². The summed E-state index contributed by atoms with van der Waals surface area (Å²) in [5.41, 5.74) is 7.24. The predicted octanol–water partition coefficient (Wildman–Crippen LogP) is 7.82. The Hall–Kier alpha value is -3.30. The van der Waals surface area contributed by atoms with Crippen LogP contribution < -0.4 is 0 Å². The van der Waals surface area contributed by atoms with Gasteiger partial charge in [0.25, 0.3) is 0 Å². The van der Waals surface area contributed by atoms with Crippen LogP contribution in [0.4, 0.5) is 0 Å². The van der Waals surface area contributed by atoms with E-state index < -0.39 is 5.89 Å². The van der Waals surface area contributed by atoms with Gasteiger partial charge in [-0.2, -0.15) is 0 Å². The zero-order chi connectivity index (χ0) is 21.4. The van der Waals surface area contributed by atoms with E-state index in [2.05, 4.69) is 53.5 Å².